The lowest BCUT2D eigenvalue weighted by Crippen LogP contribution is -2.21. The fourth-order valence-corrected chi connectivity index (χ4v) is 2.00. The van der Waals surface area contributed by atoms with Crippen molar-refractivity contribution in [3.05, 3.63) is 53.7 Å². The highest BCUT2D eigenvalue weighted by Gasteiger charge is 2.10. The Morgan fingerprint density at radius 3 is 2.76 bits per heavy atom. The van der Waals surface area contributed by atoms with E-state index in [1.54, 1.807) is 18.3 Å². The predicted molar refractivity (Wildman–Crippen MR) is 83.6 cm³/mol. The van der Waals surface area contributed by atoms with E-state index >= 15 is 0 Å². The van der Waals surface area contributed by atoms with Gasteiger partial charge < -0.3 is 10.1 Å². The second-order valence-corrected chi connectivity index (χ2v) is 5.25. The van der Waals surface area contributed by atoms with Crippen molar-refractivity contribution in [3.8, 4) is 5.75 Å². The Labute approximate surface area is 125 Å². The maximum atomic E-state index is 11.9. The molecule has 0 unspecified atom stereocenters. The number of pyridine rings is 1. The van der Waals surface area contributed by atoms with Crippen LogP contribution in [0, 0.1) is 6.92 Å². The van der Waals surface area contributed by atoms with Crippen LogP contribution in [0.1, 0.15) is 30.9 Å². The van der Waals surface area contributed by atoms with E-state index in [0.717, 1.165) is 16.9 Å². The summed E-state index contributed by atoms with van der Waals surface area (Å²) in [6.45, 7) is 6.18. The molecular weight excluding hydrogens is 264 g/mol. The Hall–Kier alpha value is -2.36. The highest BCUT2D eigenvalue weighted by Crippen LogP contribution is 2.27. The van der Waals surface area contributed by atoms with Crippen LogP contribution in [-0.4, -0.2) is 17.5 Å². The van der Waals surface area contributed by atoms with Gasteiger partial charge in [-0.25, -0.2) is 4.98 Å². The van der Waals surface area contributed by atoms with Gasteiger partial charge >= 0.3 is 0 Å². The van der Waals surface area contributed by atoms with Crippen molar-refractivity contribution in [2.45, 2.75) is 26.7 Å². The number of aryl methyl sites for hydroxylation is 1. The summed E-state index contributed by atoms with van der Waals surface area (Å²) in [6.07, 6.45) is 1.63. The summed E-state index contributed by atoms with van der Waals surface area (Å²) >= 11 is 0. The Morgan fingerprint density at radius 2 is 2.10 bits per heavy atom. The van der Waals surface area contributed by atoms with Gasteiger partial charge in [-0.15, -0.1) is 0 Å². The molecule has 0 saturated carbocycles. The number of nitrogens with zero attached hydrogens (tertiary/aromatic N) is 1. The molecule has 0 aliphatic heterocycles. The smallest absolute Gasteiger partial charge is 0.263 e. The quantitative estimate of drug-likeness (QED) is 0.913. The van der Waals surface area contributed by atoms with E-state index in [9.17, 15) is 4.79 Å². The molecule has 4 nitrogen and oxygen atoms in total. The molecule has 1 heterocycles. The minimum Gasteiger partial charge on any atom is -0.483 e. The minimum atomic E-state index is -0.218. The number of hydrogen-bond acceptors (Lipinski definition) is 3. The molecule has 1 aromatic carbocycles. The fourth-order valence-electron chi connectivity index (χ4n) is 2.00. The molecule has 1 N–H and O–H groups in total. The first kappa shape index (κ1) is 15.0. The lowest BCUT2D eigenvalue weighted by molar-refractivity contribution is -0.118. The van der Waals surface area contributed by atoms with Gasteiger partial charge in [-0.05, 0) is 42.2 Å². The standard InChI is InChI=1S/C17H20N2O2/c1-12(2)14-8-7-13(3)10-15(14)21-11-17(20)19-16-6-4-5-9-18-16/h4-10,12H,11H2,1-3H3,(H,18,19,20). The zero-order chi connectivity index (χ0) is 15.2. The van der Waals surface area contributed by atoms with E-state index in [0.29, 0.717) is 11.7 Å². The van der Waals surface area contributed by atoms with Gasteiger partial charge in [-0.3, -0.25) is 4.79 Å². The van der Waals surface area contributed by atoms with Crippen molar-refractivity contribution < 1.29 is 9.53 Å². The number of amides is 1. The van der Waals surface area contributed by atoms with Crippen molar-refractivity contribution in [2.24, 2.45) is 0 Å². The molecule has 0 bridgehead atoms. The SMILES string of the molecule is Cc1ccc(C(C)C)c(OCC(=O)Nc2ccccn2)c1. The molecule has 21 heavy (non-hydrogen) atoms. The average Bonchev–Trinajstić information content (AvgIpc) is 2.46. The van der Waals surface area contributed by atoms with E-state index in [2.05, 4.69) is 30.2 Å². The summed E-state index contributed by atoms with van der Waals surface area (Å²) in [4.78, 5) is 15.9. The van der Waals surface area contributed by atoms with Crippen LogP contribution in [-0.2, 0) is 4.79 Å². The van der Waals surface area contributed by atoms with Gasteiger partial charge in [-0.2, -0.15) is 0 Å². The number of benzene rings is 1. The predicted octanol–water partition coefficient (Wildman–Crippen LogP) is 3.53. The van der Waals surface area contributed by atoms with Crippen LogP contribution in [0.4, 0.5) is 5.82 Å². The molecule has 0 atom stereocenters. The normalized spacial score (nSPS) is 10.5. The lowest BCUT2D eigenvalue weighted by Gasteiger charge is -2.14. The molecule has 2 rings (SSSR count). The number of anilines is 1. The molecule has 4 heteroatoms. The van der Waals surface area contributed by atoms with E-state index in [4.69, 9.17) is 4.74 Å². The maximum absolute atomic E-state index is 11.9. The highest BCUT2D eigenvalue weighted by molar-refractivity contribution is 5.90. The van der Waals surface area contributed by atoms with Gasteiger partial charge in [0.05, 0.1) is 0 Å². The summed E-state index contributed by atoms with van der Waals surface area (Å²) < 4.78 is 5.67. The first-order valence-electron chi connectivity index (χ1n) is 7.00. The topological polar surface area (TPSA) is 51.2 Å². The van der Waals surface area contributed by atoms with Crippen LogP contribution in [0.2, 0.25) is 0 Å². The third-order valence-electron chi connectivity index (χ3n) is 3.08. The number of nitrogens with one attached hydrogen (secondary N) is 1. The fraction of sp³-hybridized carbons (Fsp3) is 0.294. The number of hydrogen-bond donors (Lipinski definition) is 1. The molecular formula is C17H20N2O2. The largest absolute Gasteiger partial charge is 0.483 e. The van der Waals surface area contributed by atoms with Gasteiger partial charge in [0, 0.05) is 6.20 Å². The Balaban J connectivity index is 1.99. The van der Waals surface area contributed by atoms with E-state index in [-0.39, 0.29) is 12.5 Å². The second kappa shape index (κ2) is 6.88. The first-order valence-corrected chi connectivity index (χ1v) is 7.00. The number of rotatable bonds is 5. The molecule has 0 aliphatic carbocycles. The third-order valence-corrected chi connectivity index (χ3v) is 3.08. The van der Waals surface area contributed by atoms with E-state index in [1.165, 1.54) is 0 Å². The molecule has 0 saturated heterocycles. The van der Waals surface area contributed by atoms with Gasteiger partial charge in [0.2, 0.25) is 0 Å². The second-order valence-electron chi connectivity index (χ2n) is 5.25. The van der Waals surface area contributed by atoms with Crippen LogP contribution in [0.25, 0.3) is 0 Å². The monoisotopic (exact) mass is 284 g/mol. The van der Waals surface area contributed by atoms with Gasteiger partial charge in [-0.1, -0.05) is 32.0 Å². The van der Waals surface area contributed by atoms with Crippen LogP contribution < -0.4 is 10.1 Å². The molecule has 0 radical (unpaired) electrons. The zero-order valence-corrected chi connectivity index (χ0v) is 12.6. The molecule has 2 aromatic rings. The third kappa shape index (κ3) is 4.31. The Kier molecular flexibility index (Phi) is 4.93. The summed E-state index contributed by atoms with van der Waals surface area (Å²) in [5.74, 6) is 1.42. The van der Waals surface area contributed by atoms with Crippen molar-refractivity contribution in [1.82, 2.24) is 4.98 Å². The van der Waals surface area contributed by atoms with Crippen LogP contribution >= 0.6 is 0 Å². The Bertz CT molecular complexity index is 609. The summed E-state index contributed by atoms with van der Waals surface area (Å²) in [5, 5.41) is 2.70. The summed E-state index contributed by atoms with van der Waals surface area (Å²) in [7, 11) is 0. The first-order chi connectivity index (χ1) is 10.1. The van der Waals surface area contributed by atoms with Crippen molar-refractivity contribution in [3.63, 3.8) is 0 Å². The zero-order valence-electron chi connectivity index (χ0n) is 12.6. The van der Waals surface area contributed by atoms with Gasteiger partial charge in [0.1, 0.15) is 11.6 Å². The number of aromatic nitrogens is 1. The van der Waals surface area contributed by atoms with Crippen LogP contribution in [0.3, 0.4) is 0 Å². The Morgan fingerprint density at radius 1 is 1.29 bits per heavy atom. The van der Waals surface area contributed by atoms with E-state index < -0.39 is 0 Å². The average molecular weight is 284 g/mol. The summed E-state index contributed by atoms with van der Waals surface area (Å²) in [6, 6.07) is 11.4. The lowest BCUT2D eigenvalue weighted by atomic mass is 10.0. The molecule has 1 aromatic heterocycles. The number of carbonyl (C=O) groups excluding carboxylic acids is 1. The maximum Gasteiger partial charge on any atom is 0.263 e. The number of carbonyl (C=O) groups is 1. The molecule has 0 fully saturated rings. The number of ether oxygens (including phenoxy) is 1. The van der Waals surface area contributed by atoms with Gasteiger partial charge in [0.15, 0.2) is 6.61 Å². The molecule has 1 amide bonds. The van der Waals surface area contributed by atoms with Crippen molar-refractivity contribution in [2.75, 3.05) is 11.9 Å². The minimum absolute atomic E-state index is 0.0280. The molecule has 0 spiro atoms. The van der Waals surface area contributed by atoms with Crippen molar-refractivity contribution >= 4 is 11.7 Å². The van der Waals surface area contributed by atoms with Crippen LogP contribution in [0.5, 0.6) is 5.75 Å². The highest BCUT2D eigenvalue weighted by atomic mass is 16.5. The molecule has 0 aliphatic rings. The van der Waals surface area contributed by atoms with Crippen LogP contribution in [0.15, 0.2) is 42.6 Å². The van der Waals surface area contributed by atoms with E-state index in [1.807, 2.05) is 25.1 Å². The van der Waals surface area contributed by atoms with Crippen molar-refractivity contribution in [1.29, 1.82) is 0 Å². The molecule has 110 valence electrons. The van der Waals surface area contributed by atoms with Gasteiger partial charge in [0.25, 0.3) is 5.91 Å². The summed E-state index contributed by atoms with van der Waals surface area (Å²) in [5.41, 5.74) is 2.21.